The minimum atomic E-state index is -0.0576. The monoisotopic (exact) mass is 339 g/mol. The number of nitrogens with zero attached hydrogens (tertiary/aromatic N) is 4. The normalized spacial score (nSPS) is 10.6. The first-order valence-corrected chi connectivity index (χ1v) is 8.66. The van der Waals surface area contributed by atoms with Gasteiger partial charge in [-0.2, -0.15) is 4.68 Å². The molecular weight excluding hydrogens is 322 g/mol. The molecule has 1 amide bonds. The third kappa shape index (κ3) is 3.80. The summed E-state index contributed by atoms with van der Waals surface area (Å²) in [5, 5.41) is 15.2. The van der Waals surface area contributed by atoms with Crippen molar-refractivity contribution < 1.29 is 4.79 Å². The topological polar surface area (TPSA) is 72.7 Å². The Labute approximate surface area is 144 Å². The number of tetrazole rings is 1. The van der Waals surface area contributed by atoms with E-state index in [0.29, 0.717) is 17.3 Å². The molecular formula is C17H17N5OS. The van der Waals surface area contributed by atoms with Crippen LogP contribution in [-0.4, -0.2) is 32.4 Å². The van der Waals surface area contributed by atoms with Gasteiger partial charge in [0, 0.05) is 5.69 Å². The lowest BCUT2D eigenvalue weighted by Gasteiger charge is -2.08. The average molecular weight is 339 g/mol. The van der Waals surface area contributed by atoms with Gasteiger partial charge in [0.1, 0.15) is 0 Å². The van der Waals surface area contributed by atoms with E-state index in [-0.39, 0.29) is 5.91 Å². The lowest BCUT2D eigenvalue weighted by atomic mass is 10.1. The Morgan fingerprint density at radius 1 is 1.21 bits per heavy atom. The van der Waals surface area contributed by atoms with Gasteiger partial charge in [0.25, 0.3) is 0 Å². The number of aromatic nitrogens is 4. The van der Waals surface area contributed by atoms with E-state index in [0.717, 1.165) is 11.3 Å². The molecule has 2 aromatic carbocycles. The Hall–Kier alpha value is -2.67. The number of hydrogen-bond acceptors (Lipinski definition) is 5. The van der Waals surface area contributed by atoms with E-state index < -0.39 is 0 Å². The van der Waals surface area contributed by atoms with Gasteiger partial charge in [-0.3, -0.25) is 4.79 Å². The molecule has 24 heavy (non-hydrogen) atoms. The highest BCUT2D eigenvalue weighted by Gasteiger charge is 2.09. The summed E-state index contributed by atoms with van der Waals surface area (Å²) in [6, 6.07) is 15.4. The van der Waals surface area contributed by atoms with Gasteiger partial charge in [0.15, 0.2) is 0 Å². The summed E-state index contributed by atoms with van der Waals surface area (Å²) < 4.78 is 1.64. The lowest BCUT2D eigenvalue weighted by Crippen LogP contribution is -2.14. The van der Waals surface area contributed by atoms with Gasteiger partial charge in [0.2, 0.25) is 11.1 Å². The Morgan fingerprint density at radius 3 is 2.75 bits per heavy atom. The van der Waals surface area contributed by atoms with E-state index in [2.05, 4.69) is 20.8 Å². The zero-order valence-electron chi connectivity index (χ0n) is 13.4. The SMILES string of the molecule is CSc1nnnn1-c1cccc(NC(=O)Cc2ccc(C)cc2)c1. The Morgan fingerprint density at radius 2 is 2.00 bits per heavy atom. The Kier molecular flexibility index (Phi) is 4.90. The molecule has 0 aliphatic rings. The zero-order chi connectivity index (χ0) is 16.9. The number of amides is 1. The Bertz CT molecular complexity index is 844. The molecule has 3 aromatic rings. The van der Waals surface area contributed by atoms with Gasteiger partial charge in [-0.25, -0.2) is 0 Å². The summed E-state index contributed by atoms with van der Waals surface area (Å²) in [5.74, 6) is -0.0576. The maximum Gasteiger partial charge on any atom is 0.228 e. The number of anilines is 1. The van der Waals surface area contributed by atoms with E-state index >= 15 is 0 Å². The fourth-order valence-corrected chi connectivity index (χ4v) is 2.71. The molecule has 0 saturated carbocycles. The highest BCUT2D eigenvalue weighted by atomic mass is 32.2. The van der Waals surface area contributed by atoms with Gasteiger partial charge in [-0.1, -0.05) is 47.7 Å². The Balaban J connectivity index is 1.72. The smallest absolute Gasteiger partial charge is 0.228 e. The summed E-state index contributed by atoms with van der Waals surface area (Å²) in [7, 11) is 0. The molecule has 122 valence electrons. The first kappa shape index (κ1) is 16.2. The van der Waals surface area contributed by atoms with Crippen molar-refractivity contribution in [3.63, 3.8) is 0 Å². The summed E-state index contributed by atoms with van der Waals surface area (Å²) in [6.07, 6.45) is 2.25. The van der Waals surface area contributed by atoms with Crippen molar-refractivity contribution in [2.75, 3.05) is 11.6 Å². The minimum absolute atomic E-state index is 0.0576. The molecule has 1 aromatic heterocycles. The van der Waals surface area contributed by atoms with Crippen LogP contribution >= 0.6 is 11.8 Å². The highest BCUT2D eigenvalue weighted by Crippen LogP contribution is 2.19. The van der Waals surface area contributed by atoms with Crippen LogP contribution in [0, 0.1) is 6.92 Å². The summed E-state index contributed by atoms with van der Waals surface area (Å²) in [5.41, 5.74) is 3.68. The van der Waals surface area contributed by atoms with Gasteiger partial charge in [0.05, 0.1) is 12.1 Å². The number of benzene rings is 2. The molecule has 0 saturated heterocycles. The molecule has 3 rings (SSSR count). The van der Waals surface area contributed by atoms with E-state index in [4.69, 9.17) is 0 Å². The molecule has 0 atom stereocenters. The van der Waals surface area contributed by atoms with Crippen molar-refractivity contribution >= 4 is 23.4 Å². The number of hydrogen-bond donors (Lipinski definition) is 1. The molecule has 1 N–H and O–H groups in total. The summed E-state index contributed by atoms with van der Waals surface area (Å²) in [4.78, 5) is 12.2. The second-order valence-corrected chi connectivity index (χ2v) is 6.11. The quantitative estimate of drug-likeness (QED) is 0.724. The standard InChI is InChI=1S/C17H17N5OS/c1-12-6-8-13(9-7-12)10-16(23)18-14-4-3-5-15(11-14)22-17(24-2)19-20-21-22/h3-9,11H,10H2,1-2H3,(H,18,23). The van der Waals surface area contributed by atoms with Crippen LogP contribution in [0.2, 0.25) is 0 Å². The summed E-state index contributed by atoms with van der Waals surface area (Å²) >= 11 is 1.46. The number of thioether (sulfide) groups is 1. The average Bonchev–Trinajstić information content (AvgIpc) is 3.06. The van der Waals surface area contributed by atoms with Gasteiger partial charge in [-0.05, 0) is 47.4 Å². The van der Waals surface area contributed by atoms with Crippen LogP contribution in [0.4, 0.5) is 5.69 Å². The van der Waals surface area contributed by atoms with Crippen LogP contribution in [0.3, 0.4) is 0 Å². The maximum absolute atomic E-state index is 12.2. The fraction of sp³-hybridized carbons (Fsp3) is 0.176. The van der Waals surface area contributed by atoms with Crippen molar-refractivity contribution in [1.29, 1.82) is 0 Å². The molecule has 0 unspecified atom stereocenters. The molecule has 1 heterocycles. The molecule has 7 heteroatoms. The first-order chi connectivity index (χ1) is 11.7. The van der Waals surface area contributed by atoms with E-state index in [1.165, 1.54) is 17.3 Å². The number of carbonyl (C=O) groups excluding carboxylic acids is 1. The minimum Gasteiger partial charge on any atom is -0.326 e. The second kappa shape index (κ2) is 7.27. The first-order valence-electron chi connectivity index (χ1n) is 7.44. The van der Waals surface area contributed by atoms with E-state index in [1.54, 1.807) is 4.68 Å². The third-order valence-electron chi connectivity index (χ3n) is 3.48. The predicted octanol–water partition coefficient (Wildman–Crippen LogP) is 2.87. The summed E-state index contributed by atoms with van der Waals surface area (Å²) in [6.45, 7) is 2.02. The van der Waals surface area contributed by atoms with Crippen LogP contribution in [0.1, 0.15) is 11.1 Å². The number of rotatable bonds is 5. The van der Waals surface area contributed by atoms with Crippen LogP contribution in [0.25, 0.3) is 5.69 Å². The van der Waals surface area contributed by atoms with Crippen LogP contribution in [-0.2, 0) is 11.2 Å². The number of nitrogens with one attached hydrogen (secondary N) is 1. The van der Waals surface area contributed by atoms with Gasteiger partial charge in [-0.15, -0.1) is 5.10 Å². The van der Waals surface area contributed by atoms with Crippen molar-refractivity contribution in [3.8, 4) is 5.69 Å². The molecule has 0 aliphatic carbocycles. The lowest BCUT2D eigenvalue weighted by molar-refractivity contribution is -0.115. The molecule has 6 nitrogen and oxygen atoms in total. The van der Waals surface area contributed by atoms with Crippen LogP contribution in [0.15, 0.2) is 53.7 Å². The zero-order valence-corrected chi connectivity index (χ0v) is 14.2. The molecule has 0 spiro atoms. The maximum atomic E-state index is 12.2. The molecule has 0 bridgehead atoms. The van der Waals surface area contributed by atoms with E-state index in [1.807, 2.05) is 61.7 Å². The molecule has 0 aliphatic heterocycles. The fourth-order valence-electron chi connectivity index (χ4n) is 2.28. The van der Waals surface area contributed by atoms with Gasteiger partial charge < -0.3 is 5.32 Å². The van der Waals surface area contributed by atoms with Crippen LogP contribution in [0.5, 0.6) is 0 Å². The number of carbonyl (C=O) groups is 1. The predicted molar refractivity (Wildman–Crippen MR) is 94.4 cm³/mol. The van der Waals surface area contributed by atoms with Crippen molar-refractivity contribution in [2.45, 2.75) is 18.5 Å². The van der Waals surface area contributed by atoms with Crippen molar-refractivity contribution in [2.24, 2.45) is 0 Å². The van der Waals surface area contributed by atoms with Crippen molar-refractivity contribution in [1.82, 2.24) is 20.2 Å². The third-order valence-corrected chi connectivity index (χ3v) is 4.10. The highest BCUT2D eigenvalue weighted by molar-refractivity contribution is 7.98. The van der Waals surface area contributed by atoms with Crippen LogP contribution < -0.4 is 5.32 Å². The van der Waals surface area contributed by atoms with Crippen molar-refractivity contribution in [3.05, 3.63) is 59.7 Å². The van der Waals surface area contributed by atoms with E-state index in [9.17, 15) is 4.79 Å². The number of aryl methyl sites for hydroxylation is 1. The molecule has 0 radical (unpaired) electrons. The van der Waals surface area contributed by atoms with Gasteiger partial charge >= 0.3 is 0 Å². The second-order valence-electron chi connectivity index (χ2n) is 5.34. The molecule has 0 fully saturated rings. The largest absolute Gasteiger partial charge is 0.326 e.